The first-order valence-electron chi connectivity index (χ1n) is 5.89. The maximum atomic E-state index is 11.3. The summed E-state index contributed by atoms with van der Waals surface area (Å²) < 4.78 is 31.2. The molecular formula is C12H11Br2ClN2O3S. The Kier molecular flexibility index (Phi) is 5.34. The zero-order valence-electron chi connectivity index (χ0n) is 10.9. The minimum atomic E-state index is -3.79. The maximum absolute atomic E-state index is 11.3. The third kappa shape index (κ3) is 4.21. The standard InChI is InChI=1S/C12H11Br2ClN2O3S/c1-2-17-6-8(5-16-17)7-20-12-10(13)3-9(4-11(12)14)21(15,18)19/h3-6H,2,7H2,1H3. The van der Waals surface area contributed by atoms with Gasteiger partial charge in [-0.3, -0.25) is 4.68 Å². The van der Waals surface area contributed by atoms with Crippen LogP contribution >= 0.6 is 42.5 Å². The number of benzene rings is 1. The number of ether oxygens (including phenoxy) is 1. The SMILES string of the molecule is CCn1cc(COc2c(Br)cc(S(=O)(=O)Cl)cc2Br)cn1. The molecule has 0 radical (unpaired) electrons. The first-order valence-corrected chi connectivity index (χ1v) is 9.78. The summed E-state index contributed by atoms with van der Waals surface area (Å²) in [7, 11) is 1.54. The molecule has 0 spiro atoms. The third-order valence-corrected chi connectivity index (χ3v) is 5.16. The van der Waals surface area contributed by atoms with Crippen molar-refractivity contribution in [1.82, 2.24) is 9.78 Å². The molecule has 0 saturated carbocycles. The Morgan fingerprint density at radius 2 is 1.95 bits per heavy atom. The number of aryl methyl sites for hydroxylation is 1. The van der Waals surface area contributed by atoms with E-state index in [9.17, 15) is 8.42 Å². The van der Waals surface area contributed by atoms with Crippen molar-refractivity contribution in [3.05, 3.63) is 39.0 Å². The van der Waals surface area contributed by atoms with Crippen LogP contribution in [0.3, 0.4) is 0 Å². The van der Waals surface area contributed by atoms with Gasteiger partial charge in [0.15, 0.2) is 0 Å². The van der Waals surface area contributed by atoms with Crippen molar-refractivity contribution in [2.75, 3.05) is 0 Å². The summed E-state index contributed by atoms with van der Waals surface area (Å²) in [5.74, 6) is 0.503. The average molecular weight is 459 g/mol. The summed E-state index contributed by atoms with van der Waals surface area (Å²) in [5, 5.41) is 4.15. The lowest BCUT2D eigenvalue weighted by atomic mass is 10.3. The molecule has 21 heavy (non-hydrogen) atoms. The predicted octanol–water partition coefficient (Wildman–Crippen LogP) is 3.93. The molecule has 0 atom stereocenters. The summed E-state index contributed by atoms with van der Waals surface area (Å²) >= 11 is 6.57. The average Bonchev–Trinajstić information content (AvgIpc) is 2.84. The monoisotopic (exact) mass is 456 g/mol. The van der Waals surface area contributed by atoms with Gasteiger partial charge in [0.25, 0.3) is 9.05 Å². The van der Waals surface area contributed by atoms with E-state index in [2.05, 4.69) is 37.0 Å². The number of aromatic nitrogens is 2. The van der Waals surface area contributed by atoms with Crippen LogP contribution in [-0.4, -0.2) is 18.2 Å². The highest BCUT2D eigenvalue weighted by molar-refractivity contribution is 9.11. The van der Waals surface area contributed by atoms with Gasteiger partial charge >= 0.3 is 0 Å². The molecule has 0 bridgehead atoms. The smallest absolute Gasteiger partial charge is 0.261 e. The first kappa shape index (κ1) is 16.8. The van der Waals surface area contributed by atoms with E-state index in [1.54, 1.807) is 10.9 Å². The highest BCUT2D eigenvalue weighted by atomic mass is 79.9. The van der Waals surface area contributed by atoms with Crippen LogP contribution in [0.2, 0.25) is 0 Å². The Balaban J connectivity index is 2.21. The second kappa shape index (κ2) is 6.68. The van der Waals surface area contributed by atoms with Crippen LogP contribution in [0.15, 0.2) is 38.4 Å². The molecule has 0 aliphatic rings. The highest BCUT2D eigenvalue weighted by Gasteiger charge is 2.16. The van der Waals surface area contributed by atoms with Crippen molar-refractivity contribution in [2.45, 2.75) is 25.0 Å². The Labute approximate surface area is 143 Å². The van der Waals surface area contributed by atoms with Crippen LogP contribution in [0.1, 0.15) is 12.5 Å². The van der Waals surface area contributed by atoms with E-state index in [0.29, 0.717) is 21.3 Å². The lowest BCUT2D eigenvalue weighted by Gasteiger charge is -2.10. The van der Waals surface area contributed by atoms with Gasteiger partial charge in [-0.15, -0.1) is 0 Å². The summed E-state index contributed by atoms with van der Waals surface area (Å²) in [6, 6.07) is 2.80. The Hall–Kier alpha value is -0.570. The minimum Gasteiger partial charge on any atom is -0.486 e. The van der Waals surface area contributed by atoms with Crippen LogP contribution in [0.25, 0.3) is 0 Å². The molecule has 1 aromatic heterocycles. The number of rotatable bonds is 5. The van der Waals surface area contributed by atoms with E-state index in [1.165, 1.54) is 12.1 Å². The molecule has 0 saturated heterocycles. The molecule has 114 valence electrons. The summed E-state index contributed by atoms with van der Waals surface area (Å²) in [6.45, 7) is 3.11. The van der Waals surface area contributed by atoms with Crippen LogP contribution < -0.4 is 4.74 Å². The molecule has 0 fully saturated rings. The van der Waals surface area contributed by atoms with Crippen molar-refractivity contribution >= 4 is 51.6 Å². The third-order valence-electron chi connectivity index (χ3n) is 2.65. The van der Waals surface area contributed by atoms with E-state index in [-0.39, 0.29) is 4.90 Å². The van der Waals surface area contributed by atoms with E-state index < -0.39 is 9.05 Å². The molecule has 2 aromatic rings. The second-order valence-corrected chi connectivity index (χ2v) is 8.42. The Morgan fingerprint density at radius 3 is 2.43 bits per heavy atom. The summed E-state index contributed by atoms with van der Waals surface area (Å²) in [4.78, 5) is -0.00549. The van der Waals surface area contributed by atoms with Gasteiger partial charge in [0.2, 0.25) is 0 Å². The topological polar surface area (TPSA) is 61.2 Å². The second-order valence-electron chi connectivity index (χ2n) is 4.15. The molecular weight excluding hydrogens is 447 g/mol. The van der Waals surface area contributed by atoms with Crippen LogP contribution in [0, 0.1) is 0 Å². The minimum absolute atomic E-state index is 0.00549. The molecule has 2 rings (SSSR count). The Morgan fingerprint density at radius 1 is 1.33 bits per heavy atom. The van der Waals surface area contributed by atoms with Gasteiger partial charge in [-0.25, -0.2) is 8.42 Å². The predicted molar refractivity (Wildman–Crippen MR) is 87.1 cm³/mol. The van der Waals surface area contributed by atoms with E-state index >= 15 is 0 Å². The zero-order chi connectivity index (χ0) is 15.6. The lowest BCUT2D eigenvalue weighted by molar-refractivity contribution is 0.302. The highest BCUT2D eigenvalue weighted by Crippen LogP contribution is 2.37. The van der Waals surface area contributed by atoms with Crippen LogP contribution in [0.4, 0.5) is 0 Å². The van der Waals surface area contributed by atoms with Gasteiger partial charge in [0.05, 0.1) is 20.0 Å². The van der Waals surface area contributed by atoms with Crippen molar-refractivity contribution in [3.63, 3.8) is 0 Å². The normalized spacial score (nSPS) is 11.6. The van der Waals surface area contributed by atoms with Gasteiger partial charge in [-0.2, -0.15) is 5.10 Å². The van der Waals surface area contributed by atoms with E-state index in [4.69, 9.17) is 15.4 Å². The largest absolute Gasteiger partial charge is 0.486 e. The molecule has 1 heterocycles. The number of nitrogens with zero attached hydrogens (tertiary/aromatic N) is 2. The number of hydrogen-bond acceptors (Lipinski definition) is 4. The quantitative estimate of drug-likeness (QED) is 0.637. The summed E-state index contributed by atoms with van der Waals surface area (Å²) in [6.07, 6.45) is 3.61. The fraction of sp³-hybridized carbons (Fsp3) is 0.250. The van der Waals surface area contributed by atoms with Gasteiger partial charge in [-0.1, -0.05) is 0 Å². The molecule has 1 aromatic carbocycles. The van der Waals surface area contributed by atoms with Crippen LogP contribution in [0.5, 0.6) is 5.75 Å². The molecule has 0 aliphatic heterocycles. The van der Waals surface area contributed by atoms with E-state index in [1.807, 2.05) is 13.1 Å². The zero-order valence-corrected chi connectivity index (χ0v) is 15.6. The number of hydrogen-bond donors (Lipinski definition) is 0. The van der Waals surface area contributed by atoms with Crippen molar-refractivity contribution in [1.29, 1.82) is 0 Å². The fourth-order valence-electron chi connectivity index (χ4n) is 1.62. The Bertz CT molecular complexity index is 739. The molecule has 0 amide bonds. The molecule has 0 aliphatic carbocycles. The van der Waals surface area contributed by atoms with Gasteiger partial charge in [0.1, 0.15) is 12.4 Å². The maximum Gasteiger partial charge on any atom is 0.261 e. The van der Waals surface area contributed by atoms with Crippen molar-refractivity contribution < 1.29 is 13.2 Å². The first-order chi connectivity index (χ1) is 9.81. The molecule has 5 nitrogen and oxygen atoms in total. The van der Waals surface area contributed by atoms with Crippen LogP contribution in [-0.2, 0) is 22.2 Å². The fourth-order valence-corrected chi connectivity index (χ4v) is 4.13. The van der Waals surface area contributed by atoms with Gasteiger partial charge < -0.3 is 4.74 Å². The molecule has 0 unspecified atom stereocenters. The van der Waals surface area contributed by atoms with Crippen molar-refractivity contribution in [3.8, 4) is 5.75 Å². The lowest BCUT2D eigenvalue weighted by Crippen LogP contribution is -1.98. The van der Waals surface area contributed by atoms with E-state index in [0.717, 1.165) is 12.1 Å². The van der Waals surface area contributed by atoms with Gasteiger partial charge in [0, 0.05) is 29.0 Å². The number of halogens is 3. The molecule has 9 heteroatoms. The molecule has 0 N–H and O–H groups in total. The summed E-state index contributed by atoms with van der Waals surface area (Å²) in [5.41, 5.74) is 0.921. The van der Waals surface area contributed by atoms with Crippen molar-refractivity contribution in [2.24, 2.45) is 0 Å². The van der Waals surface area contributed by atoms with Gasteiger partial charge in [-0.05, 0) is 50.9 Å².